The number of rotatable bonds is 2. The number of ether oxygens (including phenoxy) is 1. The second kappa shape index (κ2) is 4.34. The molecule has 0 saturated heterocycles. The molecule has 1 unspecified atom stereocenters. The predicted molar refractivity (Wildman–Crippen MR) is 65.7 cm³/mol. The third-order valence-corrected chi connectivity index (χ3v) is 3.87. The molecule has 0 amide bonds. The molecule has 1 aromatic rings. The molecule has 0 aromatic carbocycles. The Labute approximate surface area is 102 Å². The van der Waals surface area contributed by atoms with Gasteiger partial charge < -0.3 is 4.74 Å². The minimum Gasteiger partial charge on any atom is -0.373 e. The number of aromatic nitrogens is 1. The van der Waals surface area contributed by atoms with Crippen molar-refractivity contribution in [1.82, 2.24) is 4.98 Å². The maximum atomic E-state index is 5.94. The second-order valence-corrected chi connectivity index (χ2v) is 5.12. The number of fused-ring (bicyclic) bond motifs is 1. The lowest BCUT2D eigenvalue weighted by atomic mass is 9.74. The Morgan fingerprint density at radius 1 is 1.44 bits per heavy atom. The summed E-state index contributed by atoms with van der Waals surface area (Å²) in [4.78, 5) is 4.42. The molecule has 0 N–H and O–H groups in total. The summed E-state index contributed by atoms with van der Waals surface area (Å²) < 4.78 is 5.82. The van der Waals surface area contributed by atoms with Gasteiger partial charge in [-0.15, -0.1) is 0 Å². The number of methoxy groups -OCH3 is 1. The summed E-state index contributed by atoms with van der Waals surface area (Å²) in [6, 6.07) is 3.94. The number of aryl methyl sites for hydroxylation is 1. The fourth-order valence-corrected chi connectivity index (χ4v) is 2.92. The van der Waals surface area contributed by atoms with Crippen LogP contribution in [0.2, 0.25) is 5.15 Å². The van der Waals surface area contributed by atoms with Crippen LogP contribution in [0.5, 0.6) is 0 Å². The van der Waals surface area contributed by atoms with E-state index in [2.05, 4.69) is 24.9 Å². The van der Waals surface area contributed by atoms with Crippen LogP contribution in [0.15, 0.2) is 12.1 Å². The fourth-order valence-electron chi connectivity index (χ4n) is 2.75. The zero-order valence-corrected chi connectivity index (χ0v) is 10.8. The molecule has 2 nitrogen and oxygen atoms in total. The van der Waals surface area contributed by atoms with Gasteiger partial charge in [0.1, 0.15) is 5.15 Å². The Hall–Kier alpha value is -0.600. The zero-order chi connectivity index (χ0) is 11.8. The van der Waals surface area contributed by atoms with Gasteiger partial charge in [0.2, 0.25) is 0 Å². The first-order chi connectivity index (χ1) is 7.60. The molecule has 0 saturated carbocycles. The van der Waals surface area contributed by atoms with Crippen LogP contribution < -0.4 is 0 Å². The van der Waals surface area contributed by atoms with Gasteiger partial charge in [-0.3, -0.25) is 0 Å². The highest BCUT2D eigenvalue weighted by Crippen LogP contribution is 2.43. The highest BCUT2D eigenvalue weighted by molar-refractivity contribution is 6.29. The number of hydrogen-bond donors (Lipinski definition) is 0. The smallest absolute Gasteiger partial charge is 0.129 e. The quantitative estimate of drug-likeness (QED) is 0.737. The van der Waals surface area contributed by atoms with Crippen molar-refractivity contribution in [2.45, 2.75) is 38.7 Å². The van der Waals surface area contributed by atoms with Gasteiger partial charge in [0, 0.05) is 18.4 Å². The van der Waals surface area contributed by atoms with Gasteiger partial charge in [0.15, 0.2) is 0 Å². The molecule has 1 aliphatic carbocycles. The van der Waals surface area contributed by atoms with Crippen LogP contribution in [-0.4, -0.2) is 12.1 Å². The summed E-state index contributed by atoms with van der Waals surface area (Å²) in [5, 5.41) is 0.578. The Bertz CT molecular complexity index is 392. The molecule has 1 heterocycles. The third kappa shape index (κ3) is 1.74. The summed E-state index contributed by atoms with van der Waals surface area (Å²) in [5.74, 6) is 0.444. The maximum absolute atomic E-state index is 5.94. The molecular formula is C13H18ClNO. The van der Waals surface area contributed by atoms with E-state index in [1.165, 1.54) is 5.56 Å². The van der Waals surface area contributed by atoms with E-state index in [1.54, 1.807) is 7.11 Å². The SMILES string of the molecule is COC1(C(C)C)CCCc2nc(Cl)ccc21. The Balaban J connectivity index is 2.54. The molecule has 1 atom stereocenters. The van der Waals surface area contributed by atoms with E-state index in [9.17, 15) is 0 Å². The first-order valence-electron chi connectivity index (χ1n) is 5.81. The standard InChI is InChI=1S/C13H18ClNO/c1-9(2)13(16-3)8-4-5-11-10(13)6-7-12(14)15-11/h6-7,9H,4-5,8H2,1-3H3. The number of nitrogens with zero attached hydrogens (tertiary/aromatic N) is 1. The van der Waals surface area contributed by atoms with Gasteiger partial charge in [-0.2, -0.15) is 0 Å². The van der Waals surface area contributed by atoms with Crippen molar-refractivity contribution in [3.63, 3.8) is 0 Å². The average Bonchev–Trinajstić information content (AvgIpc) is 2.27. The van der Waals surface area contributed by atoms with Crippen LogP contribution in [0.4, 0.5) is 0 Å². The van der Waals surface area contributed by atoms with Crippen molar-refractivity contribution < 1.29 is 4.74 Å². The molecule has 0 bridgehead atoms. The van der Waals surface area contributed by atoms with Gasteiger partial charge in [0.05, 0.1) is 5.60 Å². The molecular weight excluding hydrogens is 222 g/mol. The van der Waals surface area contributed by atoms with E-state index in [0.29, 0.717) is 11.1 Å². The summed E-state index contributed by atoms with van der Waals surface area (Å²) in [6.45, 7) is 4.40. The van der Waals surface area contributed by atoms with Crippen LogP contribution in [0.1, 0.15) is 37.9 Å². The highest BCUT2D eigenvalue weighted by atomic mass is 35.5. The van der Waals surface area contributed by atoms with E-state index in [0.717, 1.165) is 25.0 Å². The van der Waals surface area contributed by atoms with E-state index >= 15 is 0 Å². The molecule has 2 rings (SSSR count). The van der Waals surface area contributed by atoms with Gasteiger partial charge in [0.25, 0.3) is 0 Å². The molecule has 16 heavy (non-hydrogen) atoms. The lowest BCUT2D eigenvalue weighted by Crippen LogP contribution is -2.38. The van der Waals surface area contributed by atoms with Crippen LogP contribution in [0, 0.1) is 5.92 Å². The molecule has 0 spiro atoms. The lowest BCUT2D eigenvalue weighted by molar-refractivity contribution is -0.0671. The fraction of sp³-hybridized carbons (Fsp3) is 0.615. The highest BCUT2D eigenvalue weighted by Gasteiger charge is 2.40. The summed E-state index contributed by atoms with van der Waals surface area (Å²) >= 11 is 5.94. The van der Waals surface area contributed by atoms with Crippen molar-refractivity contribution >= 4 is 11.6 Å². The normalized spacial score (nSPS) is 24.6. The van der Waals surface area contributed by atoms with Crippen LogP contribution >= 0.6 is 11.6 Å². The van der Waals surface area contributed by atoms with Gasteiger partial charge >= 0.3 is 0 Å². The first kappa shape index (κ1) is 11.9. The van der Waals surface area contributed by atoms with Crippen molar-refractivity contribution in [2.75, 3.05) is 7.11 Å². The maximum Gasteiger partial charge on any atom is 0.129 e. The Morgan fingerprint density at radius 3 is 2.81 bits per heavy atom. The first-order valence-corrected chi connectivity index (χ1v) is 6.19. The molecule has 1 aromatic heterocycles. The number of pyridine rings is 1. The topological polar surface area (TPSA) is 22.1 Å². The summed E-state index contributed by atoms with van der Waals surface area (Å²) in [6.07, 6.45) is 3.19. The van der Waals surface area contributed by atoms with E-state index in [-0.39, 0.29) is 5.60 Å². The van der Waals surface area contributed by atoms with Gasteiger partial charge in [-0.25, -0.2) is 4.98 Å². The largest absolute Gasteiger partial charge is 0.373 e. The zero-order valence-electron chi connectivity index (χ0n) is 10.1. The molecule has 0 aliphatic heterocycles. The van der Waals surface area contributed by atoms with Crippen LogP contribution in [0.3, 0.4) is 0 Å². The van der Waals surface area contributed by atoms with E-state index < -0.39 is 0 Å². The third-order valence-electron chi connectivity index (χ3n) is 3.65. The predicted octanol–water partition coefficient (Wildman–Crippen LogP) is 3.57. The number of hydrogen-bond acceptors (Lipinski definition) is 2. The monoisotopic (exact) mass is 239 g/mol. The average molecular weight is 240 g/mol. The molecule has 3 heteroatoms. The lowest BCUT2D eigenvalue weighted by Gasteiger charge is -2.40. The van der Waals surface area contributed by atoms with Crippen LogP contribution in [0.25, 0.3) is 0 Å². The van der Waals surface area contributed by atoms with E-state index in [1.807, 2.05) is 6.07 Å². The minimum absolute atomic E-state index is 0.175. The number of halogens is 1. The summed E-state index contributed by atoms with van der Waals surface area (Å²) in [5.41, 5.74) is 2.15. The van der Waals surface area contributed by atoms with Crippen molar-refractivity contribution in [2.24, 2.45) is 5.92 Å². The summed E-state index contributed by atoms with van der Waals surface area (Å²) in [7, 11) is 1.80. The van der Waals surface area contributed by atoms with Crippen molar-refractivity contribution in [1.29, 1.82) is 0 Å². The van der Waals surface area contributed by atoms with E-state index in [4.69, 9.17) is 16.3 Å². The van der Waals surface area contributed by atoms with Crippen LogP contribution in [-0.2, 0) is 16.8 Å². The Morgan fingerprint density at radius 2 is 2.19 bits per heavy atom. The minimum atomic E-state index is -0.175. The van der Waals surface area contributed by atoms with Gasteiger partial charge in [-0.1, -0.05) is 31.5 Å². The molecule has 88 valence electrons. The second-order valence-electron chi connectivity index (χ2n) is 4.73. The van der Waals surface area contributed by atoms with Gasteiger partial charge in [-0.05, 0) is 31.2 Å². The van der Waals surface area contributed by atoms with Crippen molar-refractivity contribution in [3.8, 4) is 0 Å². The molecule has 0 radical (unpaired) electrons. The van der Waals surface area contributed by atoms with Crippen molar-refractivity contribution in [3.05, 3.63) is 28.5 Å². The molecule has 0 fully saturated rings. The Kier molecular flexibility index (Phi) is 3.22. The molecule has 1 aliphatic rings.